The number of hydrogen-bond donors (Lipinski definition) is 1. The third-order valence-electron chi connectivity index (χ3n) is 2.39. The van der Waals surface area contributed by atoms with Crippen LogP contribution in [0.5, 0.6) is 5.75 Å². The summed E-state index contributed by atoms with van der Waals surface area (Å²) < 4.78 is 33.0. The fraction of sp³-hybridized carbons (Fsp3) is 0.385. The fourth-order valence-electron chi connectivity index (χ4n) is 1.46. The van der Waals surface area contributed by atoms with E-state index in [2.05, 4.69) is 4.74 Å². The van der Waals surface area contributed by atoms with Gasteiger partial charge in [0.05, 0.1) is 17.9 Å². The molecule has 0 atom stereocenters. The third kappa shape index (κ3) is 6.26. The predicted octanol–water partition coefficient (Wildman–Crippen LogP) is 0.741. The van der Waals surface area contributed by atoms with E-state index in [1.165, 1.54) is 24.3 Å². The molecule has 116 valence electrons. The first-order valence-electron chi connectivity index (χ1n) is 6.16. The zero-order valence-corrected chi connectivity index (χ0v) is 12.3. The van der Waals surface area contributed by atoms with Crippen molar-refractivity contribution in [3.05, 3.63) is 29.8 Å². The molecule has 1 aromatic carbocycles. The van der Waals surface area contributed by atoms with Crippen molar-refractivity contribution in [3.8, 4) is 5.75 Å². The molecule has 0 unspecified atom stereocenters. The van der Waals surface area contributed by atoms with E-state index in [0.717, 1.165) is 0 Å². The summed E-state index contributed by atoms with van der Waals surface area (Å²) in [5, 5.41) is 8.81. The molecule has 0 saturated carbocycles. The summed E-state index contributed by atoms with van der Waals surface area (Å²) in [6.07, 6.45) is 0. The molecule has 0 saturated heterocycles. The van der Waals surface area contributed by atoms with Crippen LogP contribution < -0.4 is 4.74 Å². The number of ether oxygens (including phenoxy) is 2. The molecule has 0 spiro atoms. The van der Waals surface area contributed by atoms with E-state index in [1.54, 1.807) is 6.92 Å². The van der Waals surface area contributed by atoms with Gasteiger partial charge in [-0.1, -0.05) is 6.07 Å². The van der Waals surface area contributed by atoms with Gasteiger partial charge in [-0.2, -0.15) is 0 Å². The Kier molecular flexibility index (Phi) is 6.16. The van der Waals surface area contributed by atoms with Crippen molar-refractivity contribution in [1.82, 2.24) is 0 Å². The van der Waals surface area contributed by atoms with Crippen LogP contribution in [0.15, 0.2) is 24.3 Å². The molecule has 7 nitrogen and oxygen atoms in total. The SMILES string of the molecule is CCOC(=O)CS(=O)(=O)CCOc1cccc(C(=O)O)c1. The van der Waals surface area contributed by atoms with Crippen LogP contribution in [0.2, 0.25) is 0 Å². The monoisotopic (exact) mass is 316 g/mol. The number of carboxylic acids is 1. The highest BCUT2D eigenvalue weighted by atomic mass is 32.2. The molecule has 0 aromatic heterocycles. The Bertz CT molecular complexity index is 607. The van der Waals surface area contributed by atoms with E-state index in [0.29, 0.717) is 0 Å². The minimum atomic E-state index is -3.62. The lowest BCUT2D eigenvalue weighted by atomic mass is 10.2. The van der Waals surface area contributed by atoms with E-state index in [4.69, 9.17) is 9.84 Å². The fourth-order valence-corrected chi connectivity index (χ4v) is 2.38. The second kappa shape index (κ2) is 7.63. The number of aromatic carboxylic acids is 1. The number of esters is 1. The van der Waals surface area contributed by atoms with Gasteiger partial charge in [-0.3, -0.25) is 4.79 Å². The Morgan fingerprint density at radius 1 is 1.29 bits per heavy atom. The Labute approximate surface area is 122 Å². The zero-order chi connectivity index (χ0) is 15.9. The molecule has 0 radical (unpaired) electrons. The van der Waals surface area contributed by atoms with E-state index in [1.807, 2.05) is 0 Å². The normalized spacial score (nSPS) is 10.9. The van der Waals surface area contributed by atoms with Gasteiger partial charge in [0.25, 0.3) is 0 Å². The summed E-state index contributed by atoms with van der Waals surface area (Å²) in [6.45, 7) is 1.53. The van der Waals surface area contributed by atoms with Gasteiger partial charge in [0, 0.05) is 0 Å². The first-order chi connectivity index (χ1) is 9.84. The molecular weight excluding hydrogens is 300 g/mol. The standard InChI is InChI=1S/C13H16O7S/c1-2-19-12(14)9-21(17,18)7-6-20-11-5-3-4-10(8-11)13(15)16/h3-5,8H,2,6-7,9H2,1H3,(H,15,16). The van der Waals surface area contributed by atoms with Gasteiger partial charge >= 0.3 is 11.9 Å². The van der Waals surface area contributed by atoms with E-state index in [-0.39, 0.29) is 30.3 Å². The maximum absolute atomic E-state index is 11.6. The minimum absolute atomic E-state index is 0.0434. The van der Waals surface area contributed by atoms with Gasteiger partial charge in [-0.05, 0) is 25.1 Å². The molecule has 1 rings (SSSR count). The highest BCUT2D eigenvalue weighted by Gasteiger charge is 2.17. The molecule has 0 fully saturated rings. The molecule has 0 aliphatic rings. The number of benzene rings is 1. The van der Waals surface area contributed by atoms with Crippen LogP contribution in [0.3, 0.4) is 0 Å². The summed E-state index contributed by atoms with van der Waals surface area (Å²) in [4.78, 5) is 21.9. The summed E-state index contributed by atoms with van der Waals surface area (Å²) in [7, 11) is -3.62. The predicted molar refractivity (Wildman–Crippen MR) is 74.2 cm³/mol. The molecule has 0 aliphatic carbocycles. The van der Waals surface area contributed by atoms with Gasteiger partial charge in [-0.25, -0.2) is 13.2 Å². The lowest BCUT2D eigenvalue weighted by molar-refractivity contribution is -0.139. The zero-order valence-electron chi connectivity index (χ0n) is 11.4. The molecule has 21 heavy (non-hydrogen) atoms. The molecule has 0 bridgehead atoms. The van der Waals surface area contributed by atoms with Crippen molar-refractivity contribution < 1.29 is 32.6 Å². The number of rotatable bonds is 8. The molecule has 1 aromatic rings. The van der Waals surface area contributed by atoms with Crippen molar-refractivity contribution in [2.75, 3.05) is 24.7 Å². The molecule has 0 aliphatic heterocycles. The van der Waals surface area contributed by atoms with E-state index < -0.39 is 27.5 Å². The van der Waals surface area contributed by atoms with Crippen molar-refractivity contribution >= 4 is 21.8 Å². The first kappa shape index (κ1) is 17.0. The van der Waals surface area contributed by atoms with Gasteiger partial charge in [0.1, 0.15) is 18.1 Å². The van der Waals surface area contributed by atoms with Crippen LogP contribution >= 0.6 is 0 Å². The summed E-state index contributed by atoms with van der Waals surface area (Å²) in [5.74, 6) is -2.70. The first-order valence-corrected chi connectivity index (χ1v) is 7.98. The second-order valence-electron chi connectivity index (χ2n) is 4.08. The second-order valence-corrected chi connectivity index (χ2v) is 6.26. The van der Waals surface area contributed by atoms with Gasteiger partial charge in [-0.15, -0.1) is 0 Å². The number of carbonyl (C=O) groups excluding carboxylic acids is 1. The van der Waals surface area contributed by atoms with Crippen LogP contribution in [0, 0.1) is 0 Å². The molecule has 1 N–H and O–H groups in total. The van der Waals surface area contributed by atoms with Crippen LogP contribution in [-0.4, -0.2) is 50.2 Å². The van der Waals surface area contributed by atoms with E-state index >= 15 is 0 Å². The van der Waals surface area contributed by atoms with E-state index in [9.17, 15) is 18.0 Å². The average molecular weight is 316 g/mol. The third-order valence-corrected chi connectivity index (χ3v) is 3.85. The number of sulfone groups is 1. The quantitative estimate of drug-likeness (QED) is 0.705. The van der Waals surface area contributed by atoms with Crippen LogP contribution in [0.1, 0.15) is 17.3 Å². The summed E-state index contributed by atoms with van der Waals surface area (Å²) >= 11 is 0. The topological polar surface area (TPSA) is 107 Å². The molecule has 0 heterocycles. The van der Waals surface area contributed by atoms with Crippen LogP contribution in [-0.2, 0) is 19.4 Å². The Balaban J connectivity index is 2.51. The molecular formula is C13H16O7S. The van der Waals surface area contributed by atoms with Crippen LogP contribution in [0.25, 0.3) is 0 Å². The smallest absolute Gasteiger partial charge is 0.335 e. The van der Waals surface area contributed by atoms with Crippen LogP contribution in [0.4, 0.5) is 0 Å². The largest absolute Gasteiger partial charge is 0.493 e. The maximum Gasteiger partial charge on any atom is 0.335 e. The minimum Gasteiger partial charge on any atom is -0.493 e. The Hall–Kier alpha value is -2.09. The molecule has 0 amide bonds. The van der Waals surface area contributed by atoms with Crippen molar-refractivity contribution in [3.63, 3.8) is 0 Å². The highest BCUT2D eigenvalue weighted by molar-refractivity contribution is 7.92. The Morgan fingerprint density at radius 2 is 2.00 bits per heavy atom. The van der Waals surface area contributed by atoms with Gasteiger partial charge in [0.2, 0.25) is 0 Å². The summed E-state index contributed by atoms with van der Waals surface area (Å²) in [6, 6.07) is 5.70. The average Bonchev–Trinajstić information content (AvgIpc) is 2.38. The maximum atomic E-state index is 11.6. The number of carboxylic acid groups (broad SMARTS) is 1. The lowest BCUT2D eigenvalue weighted by Gasteiger charge is -2.07. The van der Waals surface area contributed by atoms with Crippen molar-refractivity contribution in [1.29, 1.82) is 0 Å². The molecule has 8 heteroatoms. The Morgan fingerprint density at radius 3 is 2.62 bits per heavy atom. The number of hydrogen-bond acceptors (Lipinski definition) is 6. The van der Waals surface area contributed by atoms with Crippen molar-refractivity contribution in [2.45, 2.75) is 6.92 Å². The number of carbonyl (C=O) groups is 2. The van der Waals surface area contributed by atoms with Gasteiger partial charge < -0.3 is 14.6 Å². The van der Waals surface area contributed by atoms with Gasteiger partial charge in [0.15, 0.2) is 9.84 Å². The highest BCUT2D eigenvalue weighted by Crippen LogP contribution is 2.13. The summed E-state index contributed by atoms with van der Waals surface area (Å²) in [5.41, 5.74) is 0.0434. The van der Waals surface area contributed by atoms with Crippen molar-refractivity contribution in [2.24, 2.45) is 0 Å². The lowest BCUT2D eigenvalue weighted by Crippen LogP contribution is -2.23.